The Bertz CT molecular complexity index is 361. The summed E-state index contributed by atoms with van der Waals surface area (Å²) in [5, 5.41) is 10.5. The predicted molar refractivity (Wildman–Crippen MR) is 73.8 cm³/mol. The zero-order valence-corrected chi connectivity index (χ0v) is 11.4. The second kappa shape index (κ2) is 5.05. The summed E-state index contributed by atoms with van der Waals surface area (Å²) in [5.41, 5.74) is 0.831. The van der Waals surface area contributed by atoms with Crippen molar-refractivity contribution in [3.8, 4) is 0 Å². The van der Waals surface area contributed by atoms with Crippen molar-refractivity contribution in [1.82, 2.24) is 0 Å². The fourth-order valence-corrected chi connectivity index (χ4v) is 2.44. The summed E-state index contributed by atoms with van der Waals surface area (Å²) in [6.45, 7) is 12.5. The molecular weight excluding hydrogens is 208 g/mol. The molecule has 0 bridgehead atoms. The first-order chi connectivity index (χ1) is 7.78. The summed E-state index contributed by atoms with van der Waals surface area (Å²) in [7, 11) is 0. The first kappa shape index (κ1) is 14.0. The summed E-state index contributed by atoms with van der Waals surface area (Å²) in [4.78, 5) is 0. The van der Waals surface area contributed by atoms with Gasteiger partial charge in [-0.05, 0) is 17.4 Å². The van der Waals surface area contributed by atoms with E-state index < -0.39 is 6.10 Å². The molecule has 1 aromatic rings. The van der Waals surface area contributed by atoms with Crippen molar-refractivity contribution in [3.05, 3.63) is 48.6 Å². The lowest BCUT2D eigenvalue weighted by atomic mass is 9.70. The molecule has 2 atom stereocenters. The first-order valence-corrected chi connectivity index (χ1v) is 6.15. The summed E-state index contributed by atoms with van der Waals surface area (Å²) < 4.78 is 0. The molecule has 1 heteroatoms. The number of hydrogen-bond acceptors (Lipinski definition) is 1. The smallest absolute Gasteiger partial charge is 0.0878 e. The summed E-state index contributed by atoms with van der Waals surface area (Å²) in [6.07, 6.45) is 2.29. The normalized spacial score (nSPS) is 17.2. The monoisotopic (exact) mass is 232 g/mol. The van der Waals surface area contributed by atoms with Crippen LogP contribution in [0.15, 0.2) is 43.0 Å². The van der Waals surface area contributed by atoms with Crippen molar-refractivity contribution in [2.45, 2.75) is 40.2 Å². The highest BCUT2D eigenvalue weighted by Crippen LogP contribution is 2.43. The van der Waals surface area contributed by atoms with Gasteiger partial charge in [-0.3, -0.25) is 0 Å². The van der Waals surface area contributed by atoms with E-state index in [1.165, 1.54) is 0 Å². The van der Waals surface area contributed by atoms with E-state index in [1.54, 1.807) is 0 Å². The maximum atomic E-state index is 10.5. The minimum atomic E-state index is -0.500. The zero-order valence-electron chi connectivity index (χ0n) is 11.4. The van der Waals surface area contributed by atoms with Crippen LogP contribution in [0.25, 0.3) is 0 Å². The Morgan fingerprint density at radius 1 is 1.18 bits per heavy atom. The lowest BCUT2D eigenvalue weighted by molar-refractivity contribution is 0.0407. The number of hydrogen-bond donors (Lipinski definition) is 1. The molecule has 0 spiro atoms. The van der Waals surface area contributed by atoms with Crippen molar-refractivity contribution < 1.29 is 5.11 Å². The van der Waals surface area contributed by atoms with Crippen molar-refractivity contribution in [2.75, 3.05) is 0 Å². The van der Waals surface area contributed by atoms with E-state index in [2.05, 4.69) is 34.3 Å². The molecule has 0 fully saturated rings. The average molecular weight is 232 g/mol. The van der Waals surface area contributed by atoms with Crippen LogP contribution in [0.5, 0.6) is 0 Å². The molecule has 0 aliphatic carbocycles. The summed E-state index contributed by atoms with van der Waals surface area (Å²) >= 11 is 0. The van der Waals surface area contributed by atoms with Crippen molar-refractivity contribution >= 4 is 0 Å². The number of aliphatic hydroxyl groups excluding tert-OH is 1. The Kier molecular flexibility index (Phi) is 4.16. The van der Waals surface area contributed by atoms with E-state index in [0.717, 1.165) is 12.0 Å². The van der Waals surface area contributed by atoms with Gasteiger partial charge in [-0.2, -0.15) is 0 Å². The van der Waals surface area contributed by atoms with Gasteiger partial charge in [0.15, 0.2) is 0 Å². The molecule has 0 aliphatic heterocycles. The second-order valence-corrected chi connectivity index (χ2v) is 6.26. The molecule has 1 aromatic carbocycles. The maximum absolute atomic E-state index is 10.5. The standard InChI is InChI=1S/C16H24O/c1-6-16(5,12-15(2,3)4)14(17)13-10-8-7-9-11-13/h6-11,14,17H,1,12H2,2-5H3. The number of benzene rings is 1. The van der Waals surface area contributed by atoms with Crippen LogP contribution in [-0.2, 0) is 0 Å². The highest BCUT2D eigenvalue weighted by atomic mass is 16.3. The first-order valence-electron chi connectivity index (χ1n) is 6.15. The molecule has 94 valence electrons. The minimum Gasteiger partial charge on any atom is -0.388 e. The predicted octanol–water partition coefficient (Wildman–Crippen LogP) is 4.35. The number of aliphatic hydroxyl groups is 1. The SMILES string of the molecule is C=CC(C)(CC(C)(C)C)C(O)c1ccccc1. The molecule has 0 radical (unpaired) electrons. The van der Waals surface area contributed by atoms with Crippen LogP contribution in [0.1, 0.15) is 45.8 Å². The van der Waals surface area contributed by atoms with Crippen molar-refractivity contribution in [2.24, 2.45) is 10.8 Å². The van der Waals surface area contributed by atoms with Crippen molar-refractivity contribution in [3.63, 3.8) is 0 Å². The lowest BCUT2D eigenvalue weighted by Gasteiger charge is -2.37. The summed E-state index contributed by atoms with van der Waals surface area (Å²) in [6, 6.07) is 9.81. The van der Waals surface area contributed by atoms with Gasteiger partial charge in [0, 0.05) is 5.41 Å². The Morgan fingerprint density at radius 3 is 2.12 bits per heavy atom. The van der Waals surface area contributed by atoms with E-state index >= 15 is 0 Å². The van der Waals surface area contributed by atoms with Crippen LogP contribution >= 0.6 is 0 Å². The highest BCUT2D eigenvalue weighted by molar-refractivity contribution is 5.21. The minimum absolute atomic E-state index is 0.165. The van der Waals surface area contributed by atoms with Gasteiger partial charge in [-0.1, -0.05) is 64.1 Å². The zero-order chi connectivity index (χ0) is 13.1. The van der Waals surface area contributed by atoms with Gasteiger partial charge >= 0.3 is 0 Å². The van der Waals surface area contributed by atoms with Gasteiger partial charge in [0.1, 0.15) is 0 Å². The topological polar surface area (TPSA) is 20.2 Å². The molecule has 0 aliphatic rings. The molecule has 17 heavy (non-hydrogen) atoms. The fourth-order valence-electron chi connectivity index (χ4n) is 2.44. The van der Waals surface area contributed by atoms with Crippen LogP contribution in [0.2, 0.25) is 0 Å². The molecule has 0 saturated heterocycles. The molecule has 2 unspecified atom stereocenters. The Labute approximate surface area is 105 Å². The third kappa shape index (κ3) is 3.71. The highest BCUT2D eigenvalue weighted by Gasteiger charge is 2.34. The molecule has 0 heterocycles. The molecule has 1 nitrogen and oxygen atoms in total. The van der Waals surface area contributed by atoms with Crippen LogP contribution < -0.4 is 0 Å². The van der Waals surface area contributed by atoms with Gasteiger partial charge in [-0.25, -0.2) is 0 Å². The third-order valence-electron chi connectivity index (χ3n) is 3.12. The lowest BCUT2D eigenvalue weighted by Crippen LogP contribution is -2.28. The summed E-state index contributed by atoms with van der Waals surface area (Å²) in [5.74, 6) is 0. The van der Waals surface area contributed by atoms with E-state index in [-0.39, 0.29) is 10.8 Å². The van der Waals surface area contributed by atoms with Gasteiger partial charge in [0.2, 0.25) is 0 Å². The van der Waals surface area contributed by atoms with E-state index in [9.17, 15) is 5.11 Å². The van der Waals surface area contributed by atoms with Gasteiger partial charge < -0.3 is 5.11 Å². The Hall–Kier alpha value is -1.08. The third-order valence-corrected chi connectivity index (χ3v) is 3.12. The van der Waals surface area contributed by atoms with Gasteiger partial charge in [0.05, 0.1) is 6.10 Å². The van der Waals surface area contributed by atoms with E-state index in [4.69, 9.17) is 0 Å². The second-order valence-electron chi connectivity index (χ2n) is 6.26. The Balaban J connectivity index is 2.98. The quantitative estimate of drug-likeness (QED) is 0.765. The molecule has 0 saturated carbocycles. The fraction of sp³-hybridized carbons (Fsp3) is 0.500. The molecule has 0 amide bonds. The average Bonchev–Trinajstić information content (AvgIpc) is 2.27. The van der Waals surface area contributed by atoms with Crippen LogP contribution in [0.4, 0.5) is 0 Å². The maximum Gasteiger partial charge on any atom is 0.0878 e. The molecule has 1 N–H and O–H groups in total. The van der Waals surface area contributed by atoms with Gasteiger partial charge in [0.25, 0.3) is 0 Å². The molecule has 0 aromatic heterocycles. The van der Waals surface area contributed by atoms with Crippen molar-refractivity contribution in [1.29, 1.82) is 0 Å². The van der Waals surface area contributed by atoms with E-state index in [1.807, 2.05) is 36.4 Å². The number of rotatable bonds is 4. The van der Waals surface area contributed by atoms with Crippen LogP contribution in [-0.4, -0.2) is 5.11 Å². The van der Waals surface area contributed by atoms with Crippen LogP contribution in [0.3, 0.4) is 0 Å². The Morgan fingerprint density at radius 2 is 1.71 bits per heavy atom. The van der Waals surface area contributed by atoms with Gasteiger partial charge in [-0.15, -0.1) is 6.58 Å². The molecular formula is C16H24O. The largest absolute Gasteiger partial charge is 0.388 e. The van der Waals surface area contributed by atoms with Crippen LogP contribution in [0, 0.1) is 10.8 Å². The molecule has 1 rings (SSSR count). The van der Waals surface area contributed by atoms with E-state index in [0.29, 0.717) is 0 Å².